The molecule has 0 spiro atoms. The Bertz CT molecular complexity index is 2200. The van der Waals surface area contributed by atoms with Crippen LogP contribution in [0.2, 0.25) is 0 Å². The number of hydrogen-bond donors (Lipinski definition) is 0. The van der Waals surface area contributed by atoms with Gasteiger partial charge in [-0.05, 0) is 85.9 Å². The van der Waals surface area contributed by atoms with E-state index in [1.807, 2.05) is 66.8 Å². The van der Waals surface area contributed by atoms with Crippen molar-refractivity contribution < 1.29 is 18.7 Å². The number of anilines is 1. The molecule has 1 atom stereocenters. The fourth-order valence-corrected chi connectivity index (χ4v) is 5.96. The third kappa shape index (κ3) is 7.28. The van der Waals surface area contributed by atoms with Crippen molar-refractivity contribution in [3.63, 3.8) is 0 Å². The number of halogens is 1. The molecule has 10 nitrogen and oxygen atoms in total. The molecule has 11 heteroatoms. The highest BCUT2D eigenvalue weighted by Gasteiger charge is 2.27. The van der Waals surface area contributed by atoms with Gasteiger partial charge in [-0.3, -0.25) is 19.1 Å². The highest BCUT2D eigenvalue weighted by molar-refractivity contribution is 5.97. The minimum Gasteiger partial charge on any atom is -0.497 e. The molecule has 0 saturated carbocycles. The lowest BCUT2D eigenvalue weighted by molar-refractivity contribution is -0.123. The number of ether oxygens (including phenoxy) is 2. The number of hydrogen-bond acceptors (Lipinski definition) is 7. The van der Waals surface area contributed by atoms with Gasteiger partial charge >= 0.3 is 0 Å². The average molecular weight is 675 g/mol. The van der Waals surface area contributed by atoms with Crippen LogP contribution in [0.5, 0.6) is 11.5 Å². The van der Waals surface area contributed by atoms with Crippen molar-refractivity contribution in [2.45, 2.75) is 39.5 Å². The lowest BCUT2D eigenvalue weighted by atomic mass is 10.1. The van der Waals surface area contributed by atoms with Crippen LogP contribution >= 0.6 is 0 Å². The Balaban J connectivity index is 1.31. The fourth-order valence-electron chi connectivity index (χ4n) is 5.96. The second kappa shape index (κ2) is 14.8. The summed E-state index contributed by atoms with van der Waals surface area (Å²) in [6.45, 7) is 4.89. The quantitative estimate of drug-likeness (QED) is 0.154. The molecule has 0 bridgehead atoms. The number of benzene rings is 3. The van der Waals surface area contributed by atoms with Crippen LogP contribution in [-0.4, -0.2) is 57.2 Å². The van der Waals surface area contributed by atoms with Crippen molar-refractivity contribution in [1.29, 1.82) is 0 Å². The number of pyridine rings is 2. The molecule has 0 saturated heterocycles. The van der Waals surface area contributed by atoms with E-state index >= 15 is 0 Å². The predicted molar refractivity (Wildman–Crippen MR) is 191 cm³/mol. The summed E-state index contributed by atoms with van der Waals surface area (Å²) in [6, 6.07) is 24.2. The maximum absolute atomic E-state index is 14.4. The van der Waals surface area contributed by atoms with E-state index < -0.39 is 6.04 Å². The lowest BCUT2D eigenvalue weighted by Crippen LogP contribution is -2.45. The highest BCUT2D eigenvalue weighted by atomic mass is 19.1. The van der Waals surface area contributed by atoms with Gasteiger partial charge in [0.05, 0.1) is 56.2 Å². The Labute approximate surface area is 290 Å². The average Bonchev–Trinajstić information content (AvgIpc) is 3.55. The van der Waals surface area contributed by atoms with Gasteiger partial charge in [0.15, 0.2) is 0 Å². The van der Waals surface area contributed by atoms with Crippen LogP contribution in [0, 0.1) is 12.7 Å². The largest absolute Gasteiger partial charge is 0.497 e. The van der Waals surface area contributed by atoms with Gasteiger partial charge in [0.2, 0.25) is 5.91 Å². The van der Waals surface area contributed by atoms with E-state index in [-0.39, 0.29) is 23.8 Å². The standard InChI is InChI=1S/C39H39FN6O4/c1-26-9-10-29-12-16-38(47)46(35(29)17-26)37-15-13-32(21-42-37)45(23-30-11-14-34(49-4)19-36(30)50-5)39(48)27(2)43(3)24-33-20-41-25-44(33)22-28-7-6-8-31(40)18-28/h6-21,25,27H,22-24H2,1-5H3. The summed E-state index contributed by atoms with van der Waals surface area (Å²) in [5, 5.41) is 0.915. The number of imidazole rings is 1. The van der Waals surface area contributed by atoms with Crippen molar-refractivity contribution in [2.24, 2.45) is 0 Å². The molecular formula is C39H39FN6O4. The van der Waals surface area contributed by atoms with Crippen molar-refractivity contribution in [3.8, 4) is 17.3 Å². The molecule has 6 rings (SSSR count). The van der Waals surface area contributed by atoms with Crippen LogP contribution in [-0.2, 0) is 24.4 Å². The van der Waals surface area contributed by atoms with E-state index in [0.717, 1.165) is 33.3 Å². The molecule has 50 heavy (non-hydrogen) atoms. The van der Waals surface area contributed by atoms with Gasteiger partial charge in [-0.25, -0.2) is 14.4 Å². The molecule has 3 aromatic heterocycles. The van der Waals surface area contributed by atoms with Gasteiger partial charge in [-0.1, -0.05) is 24.3 Å². The maximum atomic E-state index is 14.4. The summed E-state index contributed by atoms with van der Waals surface area (Å²) in [4.78, 5) is 40.2. The van der Waals surface area contributed by atoms with Crippen LogP contribution in [0.15, 0.2) is 108 Å². The molecule has 1 unspecified atom stereocenters. The summed E-state index contributed by atoms with van der Waals surface area (Å²) >= 11 is 0. The summed E-state index contributed by atoms with van der Waals surface area (Å²) < 4.78 is 28.4. The second-order valence-corrected chi connectivity index (χ2v) is 12.3. The van der Waals surface area contributed by atoms with Gasteiger partial charge in [-0.2, -0.15) is 0 Å². The number of nitrogens with zero attached hydrogens (tertiary/aromatic N) is 6. The number of fused-ring (bicyclic) bond motifs is 1. The second-order valence-electron chi connectivity index (χ2n) is 12.3. The van der Waals surface area contributed by atoms with E-state index in [1.54, 1.807) is 72.7 Å². The van der Waals surface area contributed by atoms with Crippen molar-refractivity contribution in [2.75, 3.05) is 26.2 Å². The number of rotatable bonds is 12. The first kappa shape index (κ1) is 34.1. The van der Waals surface area contributed by atoms with E-state index in [2.05, 4.69) is 4.98 Å². The monoisotopic (exact) mass is 674 g/mol. The molecule has 0 radical (unpaired) electrons. The fraction of sp³-hybridized carbons (Fsp3) is 0.231. The number of aryl methyl sites for hydroxylation is 1. The molecule has 0 aliphatic rings. The van der Waals surface area contributed by atoms with Gasteiger partial charge < -0.3 is 18.9 Å². The van der Waals surface area contributed by atoms with E-state index in [9.17, 15) is 14.0 Å². The topological polar surface area (TPSA) is 94.7 Å². The van der Waals surface area contributed by atoms with Crippen molar-refractivity contribution in [3.05, 3.63) is 142 Å². The smallest absolute Gasteiger partial charge is 0.256 e. The molecule has 0 fully saturated rings. The first-order chi connectivity index (χ1) is 24.1. The van der Waals surface area contributed by atoms with Crippen LogP contribution in [0.25, 0.3) is 16.7 Å². The lowest BCUT2D eigenvalue weighted by Gasteiger charge is -2.31. The van der Waals surface area contributed by atoms with Crippen LogP contribution in [0.1, 0.15) is 29.3 Å². The molecule has 0 N–H and O–H groups in total. The zero-order valence-corrected chi connectivity index (χ0v) is 28.7. The minimum atomic E-state index is -0.569. The van der Waals surface area contributed by atoms with Gasteiger partial charge in [0.1, 0.15) is 23.1 Å². The molecule has 3 aromatic carbocycles. The Morgan fingerprint density at radius 3 is 2.50 bits per heavy atom. The summed E-state index contributed by atoms with van der Waals surface area (Å²) in [5.74, 6) is 1.19. The number of likely N-dealkylation sites (N-methyl/N-ethyl adjacent to an activating group) is 1. The van der Waals surface area contributed by atoms with Gasteiger partial charge in [0.25, 0.3) is 5.56 Å². The van der Waals surface area contributed by atoms with Crippen molar-refractivity contribution in [1.82, 2.24) is 24.0 Å². The first-order valence-electron chi connectivity index (χ1n) is 16.2. The first-order valence-corrected chi connectivity index (χ1v) is 16.2. The van der Waals surface area contributed by atoms with Crippen LogP contribution in [0.4, 0.5) is 10.1 Å². The van der Waals surface area contributed by atoms with E-state index in [1.165, 1.54) is 18.2 Å². The SMILES string of the molecule is COc1ccc(CN(C(=O)C(C)N(C)Cc2cncn2Cc2cccc(F)c2)c2ccc(-n3c(=O)ccc4ccc(C)cc43)nc2)c(OC)c1. The van der Waals surface area contributed by atoms with E-state index in [0.29, 0.717) is 36.1 Å². The van der Waals surface area contributed by atoms with Crippen LogP contribution in [0.3, 0.4) is 0 Å². The van der Waals surface area contributed by atoms with Gasteiger partial charge in [0, 0.05) is 37.0 Å². The number of aromatic nitrogens is 4. The normalized spacial score (nSPS) is 11.9. The molecule has 256 valence electrons. The Morgan fingerprint density at radius 1 is 0.940 bits per heavy atom. The number of carbonyl (C=O) groups is 1. The zero-order chi connectivity index (χ0) is 35.4. The Hall–Kier alpha value is -5.81. The third-order valence-electron chi connectivity index (χ3n) is 8.88. The predicted octanol–water partition coefficient (Wildman–Crippen LogP) is 6.15. The summed E-state index contributed by atoms with van der Waals surface area (Å²) in [5.41, 5.74) is 4.58. The molecule has 1 amide bonds. The highest BCUT2D eigenvalue weighted by Crippen LogP contribution is 2.29. The van der Waals surface area contributed by atoms with Crippen LogP contribution < -0.4 is 19.9 Å². The number of carbonyl (C=O) groups excluding carboxylic acids is 1. The Kier molecular flexibility index (Phi) is 10.1. The van der Waals surface area contributed by atoms with Gasteiger partial charge in [-0.15, -0.1) is 0 Å². The third-order valence-corrected chi connectivity index (χ3v) is 8.88. The Morgan fingerprint density at radius 2 is 1.76 bits per heavy atom. The zero-order valence-electron chi connectivity index (χ0n) is 28.7. The van der Waals surface area contributed by atoms with E-state index in [4.69, 9.17) is 14.5 Å². The number of amides is 1. The molecular weight excluding hydrogens is 635 g/mol. The molecule has 6 aromatic rings. The summed E-state index contributed by atoms with van der Waals surface area (Å²) in [6.07, 6.45) is 5.08. The minimum absolute atomic E-state index is 0.172. The molecule has 0 aliphatic carbocycles. The molecule has 3 heterocycles. The summed E-state index contributed by atoms with van der Waals surface area (Å²) in [7, 11) is 5.04. The maximum Gasteiger partial charge on any atom is 0.256 e. The number of methoxy groups -OCH3 is 2. The molecule has 0 aliphatic heterocycles. The van der Waals surface area contributed by atoms with Crippen molar-refractivity contribution >= 4 is 22.5 Å².